The third-order valence-corrected chi connectivity index (χ3v) is 2.99. The van der Waals surface area contributed by atoms with E-state index < -0.39 is 0 Å². The van der Waals surface area contributed by atoms with Crippen LogP contribution in [0.4, 0.5) is 0 Å². The lowest BCUT2D eigenvalue weighted by Crippen LogP contribution is -2.25. The average molecular weight is 256 g/mol. The van der Waals surface area contributed by atoms with Crippen LogP contribution in [0.5, 0.6) is 5.88 Å². The Balaban J connectivity index is 1.62. The summed E-state index contributed by atoms with van der Waals surface area (Å²) in [4.78, 5) is 4.11. The number of benzene rings is 1. The molecule has 2 rings (SSSR count). The van der Waals surface area contributed by atoms with Crippen LogP contribution >= 0.6 is 0 Å². The Kier molecular flexibility index (Phi) is 5.38. The van der Waals surface area contributed by atoms with Crippen molar-refractivity contribution < 1.29 is 4.74 Å². The van der Waals surface area contributed by atoms with Crippen LogP contribution in [0.2, 0.25) is 0 Å². The number of nitrogens with zero attached hydrogens (tertiary/aromatic N) is 1. The van der Waals surface area contributed by atoms with E-state index >= 15 is 0 Å². The van der Waals surface area contributed by atoms with Gasteiger partial charge in [-0.15, -0.1) is 0 Å². The molecule has 0 saturated heterocycles. The standard InChI is InChI=1S/C16H20N2O/c1-14(15-7-3-2-4-8-15)13-17-11-12-19-16-9-5-6-10-18-16/h2-10,14,17H,11-13H2,1H3/t14-/m0/s1. The van der Waals surface area contributed by atoms with Crippen molar-refractivity contribution in [3.05, 3.63) is 60.3 Å². The number of aromatic nitrogens is 1. The molecule has 1 N–H and O–H groups in total. The summed E-state index contributed by atoms with van der Waals surface area (Å²) in [6, 6.07) is 16.2. The van der Waals surface area contributed by atoms with Crippen LogP contribution in [0.15, 0.2) is 54.7 Å². The van der Waals surface area contributed by atoms with Crippen LogP contribution in [0, 0.1) is 0 Å². The van der Waals surface area contributed by atoms with Gasteiger partial charge in [-0.1, -0.05) is 43.3 Å². The van der Waals surface area contributed by atoms with Gasteiger partial charge in [0.15, 0.2) is 0 Å². The first-order valence-electron chi connectivity index (χ1n) is 6.66. The summed E-state index contributed by atoms with van der Waals surface area (Å²) in [6.45, 7) is 4.64. The Morgan fingerprint density at radius 1 is 1.11 bits per heavy atom. The SMILES string of the molecule is C[C@@H](CNCCOc1ccccn1)c1ccccc1. The summed E-state index contributed by atoms with van der Waals surface area (Å²) in [5.41, 5.74) is 1.36. The number of rotatable bonds is 7. The minimum absolute atomic E-state index is 0.510. The van der Waals surface area contributed by atoms with E-state index in [0.29, 0.717) is 18.4 Å². The molecule has 1 aromatic heterocycles. The predicted molar refractivity (Wildman–Crippen MR) is 77.5 cm³/mol. The number of nitrogens with one attached hydrogen (secondary N) is 1. The normalized spacial score (nSPS) is 12.1. The third-order valence-electron chi connectivity index (χ3n) is 2.99. The fourth-order valence-electron chi connectivity index (χ4n) is 1.88. The Morgan fingerprint density at radius 3 is 2.63 bits per heavy atom. The molecule has 0 radical (unpaired) electrons. The summed E-state index contributed by atoms with van der Waals surface area (Å²) in [6.07, 6.45) is 1.74. The topological polar surface area (TPSA) is 34.1 Å². The van der Waals surface area contributed by atoms with E-state index in [2.05, 4.69) is 41.5 Å². The molecule has 100 valence electrons. The van der Waals surface area contributed by atoms with Gasteiger partial charge < -0.3 is 10.1 Å². The van der Waals surface area contributed by atoms with Crippen LogP contribution < -0.4 is 10.1 Å². The third kappa shape index (κ3) is 4.72. The maximum Gasteiger partial charge on any atom is 0.213 e. The highest BCUT2D eigenvalue weighted by atomic mass is 16.5. The summed E-state index contributed by atoms with van der Waals surface area (Å²) >= 11 is 0. The van der Waals surface area contributed by atoms with E-state index in [1.54, 1.807) is 6.20 Å². The Morgan fingerprint density at radius 2 is 1.89 bits per heavy atom. The molecule has 0 saturated carbocycles. The van der Waals surface area contributed by atoms with Gasteiger partial charge in [0.25, 0.3) is 0 Å². The first-order valence-corrected chi connectivity index (χ1v) is 6.66. The van der Waals surface area contributed by atoms with Gasteiger partial charge in [-0.2, -0.15) is 0 Å². The zero-order valence-electron chi connectivity index (χ0n) is 11.3. The van der Waals surface area contributed by atoms with Crippen LogP contribution in [0.25, 0.3) is 0 Å². The molecule has 19 heavy (non-hydrogen) atoms. The number of hydrogen-bond donors (Lipinski definition) is 1. The quantitative estimate of drug-likeness (QED) is 0.773. The van der Waals surface area contributed by atoms with Crippen molar-refractivity contribution in [1.29, 1.82) is 0 Å². The molecule has 0 aliphatic carbocycles. The lowest BCUT2D eigenvalue weighted by atomic mass is 10.0. The van der Waals surface area contributed by atoms with Crippen molar-refractivity contribution >= 4 is 0 Å². The second kappa shape index (κ2) is 7.54. The van der Waals surface area contributed by atoms with Gasteiger partial charge in [-0.05, 0) is 17.5 Å². The molecule has 1 atom stereocenters. The molecule has 0 fully saturated rings. The largest absolute Gasteiger partial charge is 0.476 e. The maximum absolute atomic E-state index is 5.52. The molecule has 0 unspecified atom stereocenters. The van der Waals surface area contributed by atoms with Gasteiger partial charge in [0, 0.05) is 25.4 Å². The zero-order chi connectivity index (χ0) is 13.3. The first kappa shape index (κ1) is 13.6. The minimum atomic E-state index is 0.510. The van der Waals surface area contributed by atoms with Gasteiger partial charge in [0.2, 0.25) is 5.88 Å². The van der Waals surface area contributed by atoms with E-state index in [0.717, 1.165) is 13.1 Å². The van der Waals surface area contributed by atoms with Crippen molar-refractivity contribution in [1.82, 2.24) is 10.3 Å². The highest BCUT2D eigenvalue weighted by Gasteiger charge is 2.03. The monoisotopic (exact) mass is 256 g/mol. The fraction of sp³-hybridized carbons (Fsp3) is 0.312. The fourth-order valence-corrected chi connectivity index (χ4v) is 1.88. The smallest absolute Gasteiger partial charge is 0.213 e. The molecule has 0 aliphatic rings. The van der Waals surface area contributed by atoms with Crippen molar-refractivity contribution in [3.63, 3.8) is 0 Å². The van der Waals surface area contributed by atoms with Crippen molar-refractivity contribution in [2.24, 2.45) is 0 Å². The van der Waals surface area contributed by atoms with Gasteiger partial charge in [-0.3, -0.25) is 0 Å². The molecule has 1 aromatic carbocycles. The molecule has 0 aliphatic heterocycles. The Hall–Kier alpha value is -1.87. The van der Waals surface area contributed by atoms with Crippen molar-refractivity contribution in [2.75, 3.05) is 19.7 Å². The van der Waals surface area contributed by atoms with Crippen molar-refractivity contribution in [2.45, 2.75) is 12.8 Å². The van der Waals surface area contributed by atoms with Gasteiger partial charge in [-0.25, -0.2) is 4.98 Å². The summed E-state index contributed by atoms with van der Waals surface area (Å²) in [5.74, 6) is 1.19. The molecule has 0 bridgehead atoms. The molecule has 0 amide bonds. The van der Waals surface area contributed by atoms with Crippen molar-refractivity contribution in [3.8, 4) is 5.88 Å². The molecule has 1 heterocycles. The summed E-state index contributed by atoms with van der Waals surface area (Å²) in [7, 11) is 0. The van der Waals surface area contributed by atoms with Gasteiger partial charge >= 0.3 is 0 Å². The van der Waals surface area contributed by atoms with Gasteiger partial charge in [0.05, 0.1) is 0 Å². The lowest BCUT2D eigenvalue weighted by molar-refractivity contribution is 0.301. The molecular formula is C16H20N2O. The highest BCUT2D eigenvalue weighted by Crippen LogP contribution is 2.12. The van der Waals surface area contributed by atoms with E-state index in [4.69, 9.17) is 4.74 Å². The number of ether oxygens (including phenoxy) is 1. The summed E-state index contributed by atoms with van der Waals surface area (Å²) < 4.78 is 5.52. The summed E-state index contributed by atoms with van der Waals surface area (Å²) in [5, 5.41) is 3.40. The number of hydrogen-bond acceptors (Lipinski definition) is 3. The van der Waals surface area contributed by atoms with Gasteiger partial charge in [0.1, 0.15) is 6.61 Å². The predicted octanol–water partition coefficient (Wildman–Crippen LogP) is 2.85. The molecule has 0 spiro atoms. The molecule has 3 nitrogen and oxygen atoms in total. The van der Waals surface area contributed by atoms with E-state index in [1.807, 2.05) is 24.3 Å². The zero-order valence-corrected chi connectivity index (χ0v) is 11.3. The minimum Gasteiger partial charge on any atom is -0.476 e. The highest BCUT2D eigenvalue weighted by molar-refractivity contribution is 5.18. The Bertz CT molecular complexity index is 459. The first-order chi connectivity index (χ1) is 9.36. The lowest BCUT2D eigenvalue weighted by Gasteiger charge is -2.13. The van der Waals surface area contributed by atoms with Crippen LogP contribution in [0.3, 0.4) is 0 Å². The second-order valence-electron chi connectivity index (χ2n) is 4.53. The molecule has 2 aromatic rings. The van der Waals surface area contributed by atoms with E-state index in [9.17, 15) is 0 Å². The Labute approximate surface area is 114 Å². The van der Waals surface area contributed by atoms with E-state index in [1.165, 1.54) is 5.56 Å². The maximum atomic E-state index is 5.52. The average Bonchev–Trinajstić information content (AvgIpc) is 2.49. The van der Waals surface area contributed by atoms with Crippen LogP contribution in [0.1, 0.15) is 18.4 Å². The number of pyridine rings is 1. The van der Waals surface area contributed by atoms with E-state index in [-0.39, 0.29) is 0 Å². The molecular weight excluding hydrogens is 236 g/mol. The van der Waals surface area contributed by atoms with Crippen LogP contribution in [-0.4, -0.2) is 24.7 Å². The van der Waals surface area contributed by atoms with Crippen LogP contribution in [-0.2, 0) is 0 Å². The second-order valence-corrected chi connectivity index (χ2v) is 4.53. The molecule has 3 heteroatoms.